The van der Waals surface area contributed by atoms with E-state index in [0.717, 1.165) is 11.1 Å². The number of hydrogen-bond acceptors (Lipinski definition) is 5. The molecule has 0 atom stereocenters. The fraction of sp³-hybridized carbons (Fsp3) is 0.143. The first kappa shape index (κ1) is 13.0. The van der Waals surface area contributed by atoms with Gasteiger partial charge in [-0.25, -0.2) is 9.97 Å². The summed E-state index contributed by atoms with van der Waals surface area (Å²) < 4.78 is 5.34. The van der Waals surface area contributed by atoms with E-state index >= 15 is 0 Å². The molecule has 2 N–H and O–H groups in total. The number of carbonyl (C=O) groups excluding carboxylic acids is 1. The number of amides is 1. The van der Waals surface area contributed by atoms with Crippen LogP contribution in [0.4, 0.5) is 0 Å². The van der Waals surface area contributed by atoms with E-state index < -0.39 is 0 Å². The number of oxazole rings is 1. The molecule has 3 rings (SSSR count). The highest BCUT2D eigenvalue weighted by atomic mass is 16.3. The maximum Gasteiger partial charge on any atom is 0.274 e. The van der Waals surface area contributed by atoms with E-state index in [2.05, 4.69) is 25.5 Å². The predicted molar refractivity (Wildman–Crippen MR) is 74.2 cm³/mol. The molecule has 0 aliphatic carbocycles. The highest BCUT2D eigenvalue weighted by Gasteiger charge is 2.18. The van der Waals surface area contributed by atoms with Crippen molar-refractivity contribution in [2.24, 2.45) is 0 Å². The number of rotatable bonds is 4. The third kappa shape index (κ3) is 2.81. The SMILES string of the molecule is Cc1ccc(-c2ocnc2C(=O)NCc2ncn[nH]2)cc1. The molecule has 0 aliphatic rings. The van der Waals surface area contributed by atoms with Gasteiger partial charge in [-0.2, -0.15) is 5.10 Å². The van der Waals surface area contributed by atoms with Crippen LogP contribution in [-0.4, -0.2) is 26.1 Å². The molecule has 7 heteroatoms. The zero-order valence-corrected chi connectivity index (χ0v) is 11.3. The summed E-state index contributed by atoms with van der Waals surface area (Å²) in [5.41, 5.74) is 2.19. The van der Waals surface area contributed by atoms with Crippen molar-refractivity contribution in [3.05, 3.63) is 54.1 Å². The Balaban J connectivity index is 1.78. The normalized spacial score (nSPS) is 10.5. The predicted octanol–water partition coefficient (Wildman–Crippen LogP) is 1.70. The van der Waals surface area contributed by atoms with Gasteiger partial charge in [0.1, 0.15) is 12.2 Å². The highest BCUT2D eigenvalue weighted by Crippen LogP contribution is 2.23. The first-order chi connectivity index (χ1) is 10.2. The Hall–Kier alpha value is -2.96. The Kier molecular flexibility index (Phi) is 3.46. The van der Waals surface area contributed by atoms with E-state index in [1.807, 2.05) is 31.2 Å². The van der Waals surface area contributed by atoms with Gasteiger partial charge in [0.25, 0.3) is 5.91 Å². The Morgan fingerprint density at radius 1 is 1.29 bits per heavy atom. The number of benzene rings is 1. The molecule has 2 heterocycles. The molecule has 0 saturated heterocycles. The maximum atomic E-state index is 12.2. The summed E-state index contributed by atoms with van der Waals surface area (Å²) in [5.74, 6) is 0.699. The van der Waals surface area contributed by atoms with Crippen molar-refractivity contribution in [2.75, 3.05) is 0 Å². The van der Waals surface area contributed by atoms with Gasteiger partial charge in [0, 0.05) is 5.56 Å². The van der Waals surface area contributed by atoms with Crippen LogP contribution in [0.5, 0.6) is 0 Å². The minimum atomic E-state index is -0.323. The average Bonchev–Trinajstić information content (AvgIpc) is 3.17. The molecule has 0 aliphatic heterocycles. The summed E-state index contributed by atoms with van der Waals surface area (Å²) >= 11 is 0. The van der Waals surface area contributed by atoms with E-state index in [4.69, 9.17) is 4.42 Å². The molecule has 21 heavy (non-hydrogen) atoms. The van der Waals surface area contributed by atoms with Gasteiger partial charge in [-0.1, -0.05) is 29.8 Å². The molecule has 106 valence electrons. The summed E-state index contributed by atoms with van der Waals surface area (Å²) in [7, 11) is 0. The third-order valence-corrected chi connectivity index (χ3v) is 2.98. The van der Waals surface area contributed by atoms with Crippen LogP contribution < -0.4 is 5.32 Å². The molecule has 1 aromatic carbocycles. The topological polar surface area (TPSA) is 96.7 Å². The molecule has 1 amide bonds. The monoisotopic (exact) mass is 283 g/mol. The molecule has 2 aromatic heterocycles. The zero-order chi connectivity index (χ0) is 14.7. The summed E-state index contributed by atoms with van der Waals surface area (Å²) in [6.07, 6.45) is 2.65. The van der Waals surface area contributed by atoms with Crippen molar-refractivity contribution < 1.29 is 9.21 Å². The number of aryl methyl sites for hydroxylation is 1. The van der Waals surface area contributed by atoms with Crippen LogP contribution in [0, 0.1) is 6.92 Å². The van der Waals surface area contributed by atoms with E-state index in [-0.39, 0.29) is 18.1 Å². The largest absolute Gasteiger partial charge is 0.443 e. The van der Waals surface area contributed by atoms with Crippen LogP contribution in [-0.2, 0) is 6.54 Å². The summed E-state index contributed by atoms with van der Waals surface area (Å²) in [6, 6.07) is 7.69. The van der Waals surface area contributed by atoms with Crippen molar-refractivity contribution >= 4 is 5.91 Å². The Bertz CT molecular complexity index is 731. The van der Waals surface area contributed by atoms with Crippen molar-refractivity contribution in [1.29, 1.82) is 0 Å². The molecule has 0 bridgehead atoms. The molecule has 0 spiro atoms. The number of carbonyl (C=O) groups is 1. The summed E-state index contributed by atoms with van der Waals surface area (Å²) in [6.45, 7) is 2.24. The third-order valence-electron chi connectivity index (χ3n) is 2.98. The lowest BCUT2D eigenvalue weighted by molar-refractivity contribution is 0.0946. The van der Waals surface area contributed by atoms with Gasteiger partial charge in [0.2, 0.25) is 0 Å². The van der Waals surface area contributed by atoms with Crippen LogP contribution >= 0.6 is 0 Å². The molecule has 3 aromatic rings. The molecular weight excluding hydrogens is 270 g/mol. The standard InChI is InChI=1S/C14H13N5O2/c1-9-2-4-10(5-3-9)13-12(17-8-21-13)14(20)15-6-11-16-7-18-19-11/h2-5,7-8H,6H2,1H3,(H,15,20)(H,16,18,19). The van der Waals surface area contributed by atoms with Crippen LogP contribution in [0.25, 0.3) is 11.3 Å². The lowest BCUT2D eigenvalue weighted by Crippen LogP contribution is -2.24. The van der Waals surface area contributed by atoms with Crippen molar-refractivity contribution in [3.8, 4) is 11.3 Å². The number of nitrogens with zero attached hydrogens (tertiary/aromatic N) is 3. The average molecular weight is 283 g/mol. The van der Waals surface area contributed by atoms with Crippen molar-refractivity contribution in [3.63, 3.8) is 0 Å². The molecule has 0 radical (unpaired) electrons. The van der Waals surface area contributed by atoms with Crippen molar-refractivity contribution in [2.45, 2.75) is 13.5 Å². The second kappa shape index (κ2) is 5.58. The minimum Gasteiger partial charge on any atom is -0.443 e. The Morgan fingerprint density at radius 3 is 2.81 bits per heavy atom. The Morgan fingerprint density at radius 2 is 2.10 bits per heavy atom. The molecule has 0 unspecified atom stereocenters. The van der Waals surface area contributed by atoms with Gasteiger partial charge < -0.3 is 9.73 Å². The second-order valence-electron chi connectivity index (χ2n) is 4.51. The van der Waals surface area contributed by atoms with Gasteiger partial charge in [0.05, 0.1) is 6.54 Å². The number of aromatic nitrogens is 4. The fourth-order valence-corrected chi connectivity index (χ4v) is 1.88. The van der Waals surface area contributed by atoms with Gasteiger partial charge >= 0.3 is 0 Å². The maximum absolute atomic E-state index is 12.2. The number of H-pyrrole nitrogens is 1. The highest BCUT2D eigenvalue weighted by molar-refractivity contribution is 5.97. The molecular formula is C14H13N5O2. The van der Waals surface area contributed by atoms with Gasteiger partial charge in [-0.05, 0) is 6.92 Å². The van der Waals surface area contributed by atoms with Gasteiger partial charge in [-0.3, -0.25) is 9.89 Å². The van der Waals surface area contributed by atoms with E-state index in [1.165, 1.54) is 12.7 Å². The van der Waals surface area contributed by atoms with Crippen LogP contribution in [0.1, 0.15) is 21.9 Å². The molecule has 7 nitrogen and oxygen atoms in total. The first-order valence-corrected chi connectivity index (χ1v) is 6.37. The summed E-state index contributed by atoms with van der Waals surface area (Å²) in [5, 5.41) is 9.10. The first-order valence-electron chi connectivity index (χ1n) is 6.37. The molecule has 0 saturated carbocycles. The smallest absolute Gasteiger partial charge is 0.274 e. The van der Waals surface area contributed by atoms with Crippen LogP contribution in [0.3, 0.4) is 0 Å². The zero-order valence-electron chi connectivity index (χ0n) is 11.3. The lowest BCUT2D eigenvalue weighted by Gasteiger charge is -2.03. The van der Waals surface area contributed by atoms with Gasteiger partial charge in [0.15, 0.2) is 17.8 Å². The van der Waals surface area contributed by atoms with Crippen LogP contribution in [0.2, 0.25) is 0 Å². The quantitative estimate of drug-likeness (QED) is 0.759. The number of hydrogen-bond donors (Lipinski definition) is 2. The number of nitrogens with one attached hydrogen (secondary N) is 2. The van der Waals surface area contributed by atoms with Crippen LogP contribution in [0.15, 0.2) is 41.4 Å². The van der Waals surface area contributed by atoms with Crippen molar-refractivity contribution in [1.82, 2.24) is 25.5 Å². The van der Waals surface area contributed by atoms with E-state index in [1.54, 1.807) is 0 Å². The molecule has 0 fully saturated rings. The number of aromatic amines is 1. The van der Waals surface area contributed by atoms with E-state index in [0.29, 0.717) is 11.6 Å². The van der Waals surface area contributed by atoms with E-state index in [9.17, 15) is 4.79 Å². The second-order valence-corrected chi connectivity index (χ2v) is 4.51. The lowest BCUT2D eigenvalue weighted by atomic mass is 10.1. The summed E-state index contributed by atoms with van der Waals surface area (Å²) in [4.78, 5) is 20.1. The van der Waals surface area contributed by atoms with Gasteiger partial charge in [-0.15, -0.1) is 0 Å². The Labute approximate surface area is 120 Å². The fourth-order valence-electron chi connectivity index (χ4n) is 1.88. The minimum absolute atomic E-state index is 0.248.